The predicted octanol–water partition coefficient (Wildman–Crippen LogP) is 1.89. The fourth-order valence-corrected chi connectivity index (χ4v) is 3.05. The van der Waals surface area contributed by atoms with Gasteiger partial charge in [0.2, 0.25) is 6.29 Å². The van der Waals surface area contributed by atoms with Crippen molar-refractivity contribution in [1.82, 2.24) is 24.7 Å². The number of pyridine rings is 1. The third-order valence-electron chi connectivity index (χ3n) is 4.53. The van der Waals surface area contributed by atoms with Gasteiger partial charge in [0, 0.05) is 11.8 Å². The Bertz CT molecular complexity index is 1280. The maximum Gasteiger partial charge on any atom is 0.288 e. The highest BCUT2D eigenvalue weighted by Crippen LogP contribution is 2.29. The van der Waals surface area contributed by atoms with E-state index in [9.17, 15) is 14.0 Å². The van der Waals surface area contributed by atoms with Crippen molar-refractivity contribution >= 4 is 29.5 Å². The molecule has 0 bridgehead atoms. The molecule has 0 aliphatic heterocycles. The number of nitrogens with one attached hydrogen (secondary N) is 1. The van der Waals surface area contributed by atoms with Crippen LogP contribution in [0.5, 0.6) is 0 Å². The highest BCUT2D eigenvalue weighted by Gasteiger charge is 2.19. The first-order valence-corrected chi connectivity index (χ1v) is 9.38. The molecule has 0 saturated heterocycles. The van der Waals surface area contributed by atoms with Crippen molar-refractivity contribution in [3.63, 3.8) is 0 Å². The lowest BCUT2D eigenvalue weighted by molar-refractivity contribution is -0.127. The number of benzene rings is 1. The zero-order valence-electron chi connectivity index (χ0n) is 16.6. The Balaban J connectivity index is 1.79. The third-order valence-corrected chi connectivity index (χ3v) is 4.53. The molecule has 5 N–H and O–H groups in total. The smallest absolute Gasteiger partial charge is 0.288 e. The summed E-state index contributed by atoms with van der Waals surface area (Å²) in [5, 5.41) is 6.74. The number of hydrogen-bond acceptors (Lipinski definition) is 8. The summed E-state index contributed by atoms with van der Waals surface area (Å²) >= 11 is 0. The molecule has 0 spiro atoms. The summed E-state index contributed by atoms with van der Waals surface area (Å²) in [6.07, 6.45) is 1.71. The van der Waals surface area contributed by atoms with Crippen molar-refractivity contribution in [3.05, 3.63) is 66.1 Å². The third kappa shape index (κ3) is 4.12. The second-order valence-electron chi connectivity index (χ2n) is 6.68. The number of hydrogen-bond donors (Lipinski definition) is 3. The number of carbonyl (C=O) groups is 2. The summed E-state index contributed by atoms with van der Waals surface area (Å²) in [7, 11) is 0. The van der Waals surface area contributed by atoms with Gasteiger partial charge >= 0.3 is 0 Å². The lowest BCUT2D eigenvalue weighted by atomic mass is 10.2. The van der Waals surface area contributed by atoms with Crippen LogP contribution in [-0.2, 0) is 16.1 Å². The fourth-order valence-electron chi connectivity index (χ4n) is 3.05. The van der Waals surface area contributed by atoms with Crippen molar-refractivity contribution in [2.75, 3.05) is 16.8 Å². The van der Waals surface area contributed by atoms with Gasteiger partial charge in [0.1, 0.15) is 17.2 Å². The molecule has 1 amide bonds. The van der Waals surface area contributed by atoms with E-state index >= 15 is 0 Å². The molecule has 0 saturated carbocycles. The molecule has 0 aliphatic carbocycles. The van der Waals surface area contributed by atoms with E-state index in [1.807, 2.05) is 6.07 Å². The number of aromatic nitrogens is 5. The van der Waals surface area contributed by atoms with Crippen LogP contribution in [-0.4, -0.2) is 36.9 Å². The average molecular weight is 432 g/mol. The quantitative estimate of drug-likeness (QED) is 0.308. The number of nitrogen functional groups attached to an aromatic ring is 2. The molecule has 4 aromatic rings. The Morgan fingerprint density at radius 1 is 1.06 bits per heavy atom. The van der Waals surface area contributed by atoms with Crippen molar-refractivity contribution in [1.29, 1.82) is 0 Å². The second kappa shape index (κ2) is 8.60. The monoisotopic (exact) mass is 432 g/mol. The molecule has 10 nitrogen and oxygen atoms in total. The molecule has 32 heavy (non-hydrogen) atoms. The summed E-state index contributed by atoms with van der Waals surface area (Å²) < 4.78 is 15.8. The van der Waals surface area contributed by atoms with Crippen molar-refractivity contribution in [2.24, 2.45) is 0 Å². The molecule has 160 valence electrons. The van der Waals surface area contributed by atoms with Gasteiger partial charge in [0.25, 0.3) is 5.91 Å². The molecule has 0 fully saturated rings. The van der Waals surface area contributed by atoms with Crippen LogP contribution in [0.4, 0.5) is 21.7 Å². The lowest BCUT2D eigenvalue weighted by Crippen LogP contribution is -2.17. The van der Waals surface area contributed by atoms with Crippen LogP contribution in [0.3, 0.4) is 0 Å². The van der Waals surface area contributed by atoms with Crippen molar-refractivity contribution in [3.8, 4) is 22.9 Å². The summed E-state index contributed by atoms with van der Waals surface area (Å²) in [6.45, 7) is 0.136. The van der Waals surface area contributed by atoms with E-state index in [-0.39, 0.29) is 41.8 Å². The van der Waals surface area contributed by atoms with Crippen LogP contribution in [0.2, 0.25) is 0 Å². The van der Waals surface area contributed by atoms with Crippen LogP contribution in [0.15, 0.2) is 54.7 Å². The molecule has 0 radical (unpaired) electrons. The molecule has 11 heteroatoms. The van der Waals surface area contributed by atoms with Gasteiger partial charge < -0.3 is 16.8 Å². The Morgan fingerprint density at radius 2 is 1.78 bits per heavy atom. The summed E-state index contributed by atoms with van der Waals surface area (Å²) in [4.78, 5) is 34.6. The SMILES string of the molecule is Nc1nc(-c2cc(-c3ccccn3)n(Cc3ccccc3F)n2)nc(N)c1NC(=O)C=O. The van der Waals surface area contributed by atoms with Gasteiger partial charge in [-0.1, -0.05) is 24.3 Å². The zero-order valence-corrected chi connectivity index (χ0v) is 16.6. The topological polar surface area (TPSA) is 155 Å². The maximum atomic E-state index is 14.2. The molecule has 3 aromatic heterocycles. The van der Waals surface area contributed by atoms with Crippen LogP contribution in [0.25, 0.3) is 22.9 Å². The number of halogens is 1. The number of aldehydes is 1. The molecular formula is C21H17FN8O2. The minimum atomic E-state index is -0.939. The van der Waals surface area contributed by atoms with E-state index in [0.29, 0.717) is 22.6 Å². The Morgan fingerprint density at radius 3 is 2.44 bits per heavy atom. The number of nitrogens with two attached hydrogens (primary N) is 2. The predicted molar refractivity (Wildman–Crippen MR) is 116 cm³/mol. The molecule has 0 aliphatic rings. The van der Waals surface area contributed by atoms with E-state index in [1.165, 1.54) is 6.07 Å². The zero-order chi connectivity index (χ0) is 22.7. The lowest BCUT2D eigenvalue weighted by Gasteiger charge is -2.09. The Kier molecular flexibility index (Phi) is 5.53. The minimum absolute atomic E-state index is 0.0680. The van der Waals surface area contributed by atoms with Gasteiger partial charge in [-0.15, -0.1) is 0 Å². The fraction of sp³-hybridized carbons (Fsp3) is 0.0476. The van der Waals surface area contributed by atoms with Gasteiger partial charge in [0.15, 0.2) is 17.5 Å². The Labute approximate surface area is 181 Å². The van der Waals surface area contributed by atoms with E-state index in [1.54, 1.807) is 47.3 Å². The highest BCUT2D eigenvalue weighted by atomic mass is 19.1. The molecule has 1 aromatic carbocycles. The second-order valence-corrected chi connectivity index (χ2v) is 6.68. The molecule has 0 unspecified atom stereocenters. The van der Waals surface area contributed by atoms with Crippen LogP contribution in [0, 0.1) is 5.82 Å². The van der Waals surface area contributed by atoms with Crippen LogP contribution >= 0.6 is 0 Å². The van der Waals surface area contributed by atoms with E-state index < -0.39 is 5.91 Å². The van der Waals surface area contributed by atoms with E-state index in [0.717, 1.165) is 0 Å². The standard InChI is InChI=1S/C21H17FN8O2/c22-13-6-2-1-5-12(13)10-30-16(14-7-3-4-8-25-14)9-15(29-30)21-27-19(23)18(20(24)28-21)26-17(32)11-31/h1-9,11H,10H2,(H,26,32)(H4,23,24,27,28). The number of amides is 1. The minimum Gasteiger partial charge on any atom is -0.382 e. The normalized spacial score (nSPS) is 10.7. The van der Waals surface area contributed by atoms with Crippen LogP contribution < -0.4 is 16.8 Å². The van der Waals surface area contributed by atoms with Gasteiger partial charge in [-0.2, -0.15) is 5.10 Å². The summed E-state index contributed by atoms with van der Waals surface area (Å²) in [5.41, 5.74) is 13.7. The van der Waals surface area contributed by atoms with Crippen molar-refractivity contribution < 1.29 is 14.0 Å². The highest BCUT2D eigenvalue weighted by molar-refractivity contribution is 6.30. The first kappa shape index (κ1) is 20.6. The summed E-state index contributed by atoms with van der Waals surface area (Å²) in [5.74, 6) is -1.48. The molecular weight excluding hydrogens is 415 g/mol. The van der Waals surface area contributed by atoms with E-state index in [2.05, 4.69) is 25.4 Å². The maximum absolute atomic E-state index is 14.2. The molecule has 4 rings (SSSR count). The van der Waals surface area contributed by atoms with Gasteiger partial charge in [-0.05, 0) is 24.3 Å². The van der Waals surface area contributed by atoms with Gasteiger partial charge in [-0.3, -0.25) is 19.3 Å². The van der Waals surface area contributed by atoms with Gasteiger partial charge in [-0.25, -0.2) is 14.4 Å². The number of anilines is 3. The van der Waals surface area contributed by atoms with Crippen LogP contribution in [0.1, 0.15) is 5.56 Å². The van der Waals surface area contributed by atoms with Gasteiger partial charge in [0.05, 0.1) is 17.9 Å². The van der Waals surface area contributed by atoms with E-state index in [4.69, 9.17) is 11.5 Å². The summed E-state index contributed by atoms with van der Waals surface area (Å²) in [6, 6.07) is 13.4. The van der Waals surface area contributed by atoms with Crippen molar-refractivity contribution in [2.45, 2.75) is 6.54 Å². The Hall–Kier alpha value is -4.67. The number of carbonyl (C=O) groups excluding carboxylic acids is 2. The number of rotatable bonds is 6. The molecule has 0 atom stereocenters. The molecule has 3 heterocycles. The largest absolute Gasteiger partial charge is 0.382 e. The first-order chi connectivity index (χ1) is 15.5. The average Bonchev–Trinajstić information content (AvgIpc) is 3.22. The first-order valence-electron chi connectivity index (χ1n) is 9.38. The number of nitrogens with zero attached hydrogens (tertiary/aromatic N) is 5.